The Kier molecular flexibility index (Phi) is 5.43. The predicted molar refractivity (Wildman–Crippen MR) is 119 cm³/mol. The van der Waals surface area contributed by atoms with E-state index in [1.54, 1.807) is 16.4 Å². The Morgan fingerprint density at radius 3 is 2.17 bits per heavy atom. The highest BCUT2D eigenvalue weighted by molar-refractivity contribution is 7.89. The Balaban J connectivity index is 1.51. The third-order valence-electron chi connectivity index (χ3n) is 5.52. The molecule has 1 saturated heterocycles. The lowest BCUT2D eigenvalue weighted by atomic mass is 10.1. The zero-order valence-electron chi connectivity index (χ0n) is 16.8. The number of benzene rings is 3. The second kappa shape index (κ2) is 8.01. The SMILES string of the molecule is Cc1cccc(N2CCN(S(=O)(=O)c3ccc(-c4ccccc4)cc3)CC2C)c1. The van der Waals surface area contributed by atoms with Crippen molar-refractivity contribution in [1.82, 2.24) is 4.31 Å². The summed E-state index contributed by atoms with van der Waals surface area (Å²) in [5.41, 5.74) is 4.46. The third-order valence-corrected chi connectivity index (χ3v) is 7.40. The van der Waals surface area contributed by atoms with Crippen LogP contribution in [0.3, 0.4) is 0 Å². The first kappa shape index (κ1) is 19.7. The van der Waals surface area contributed by atoms with Gasteiger partial charge >= 0.3 is 0 Å². The van der Waals surface area contributed by atoms with Gasteiger partial charge in [0.05, 0.1) is 4.90 Å². The highest BCUT2D eigenvalue weighted by Gasteiger charge is 2.32. The average Bonchev–Trinajstić information content (AvgIpc) is 2.74. The molecule has 4 rings (SSSR count). The maximum absolute atomic E-state index is 13.2. The molecular formula is C24H26N2O2S. The van der Waals surface area contributed by atoms with Gasteiger partial charge in [-0.25, -0.2) is 8.42 Å². The topological polar surface area (TPSA) is 40.6 Å². The van der Waals surface area contributed by atoms with E-state index in [9.17, 15) is 8.42 Å². The number of hydrogen-bond acceptors (Lipinski definition) is 3. The molecule has 1 aliphatic heterocycles. The van der Waals surface area contributed by atoms with Crippen LogP contribution in [0.5, 0.6) is 0 Å². The second-order valence-corrected chi connectivity index (χ2v) is 9.57. The van der Waals surface area contributed by atoms with Gasteiger partial charge in [-0.15, -0.1) is 0 Å². The number of piperazine rings is 1. The molecule has 3 aromatic carbocycles. The molecule has 0 spiro atoms. The minimum Gasteiger partial charge on any atom is -0.366 e. The number of sulfonamides is 1. The van der Waals surface area contributed by atoms with Gasteiger partial charge in [0.2, 0.25) is 10.0 Å². The first-order valence-corrected chi connectivity index (χ1v) is 11.4. The molecule has 29 heavy (non-hydrogen) atoms. The van der Waals surface area contributed by atoms with Crippen LogP contribution in [0.15, 0.2) is 83.8 Å². The molecule has 1 fully saturated rings. The van der Waals surface area contributed by atoms with Crippen LogP contribution in [-0.2, 0) is 10.0 Å². The van der Waals surface area contributed by atoms with Crippen LogP contribution < -0.4 is 4.90 Å². The van der Waals surface area contributed by atoms with Gasteiger partial charge in [-0.3, -0.25) is 0 Å². The van der Waals surface area contributed by atoms with Crippen LogP contribution in [-0.4, -0.2) is 38.4 Å². The molecule has 0 amide bonds. The van der Waals surface area contributed by atoms with Gasteiger partial charge in [0.1, 0.15) is 0 Å². The average molecular weight is 407 g/mol. The van der Waals surface area contributed by atoms with Crippen molar-refractivity contribution in [3.8, 4) is 11.1 Å². The Hall–Kier alpha value is -2.63. The zero-order chi connectivity index (χ0) is 20.4. The summed E-state index contributed by atoms with van der Waals surface area (Å²) in [7, 11) is -3.50. The summed E-state index contributed by atoms with van der Waals surface area (Å²) in [4.78, 5) is 2.64. The number of anilines is 1. The highest BCUT2D eigenvalue weighted by Crippen LogP contribution is 2.27. The fourth-order valence-corrected chi connectivity index (χ4v) is 5.44. The van der Waals surface area contributed by atoms with E-state index in [0.29, 0.717) is 24.5 Å². The Labute approximate surface area is 173 Å². The molecule has 1 atom stereocenters. The third kappa shape index (κ3) is 4.07. The fourth-order valence-electron chi connectivity index (χ4n) is 3.93. The molecule has 5 heteroatoms. The molecule has 3 aromatic rings. The predicted octanol–water partition coefficient (Wildman–Crippen LogP) is 4.56. The summed E-state index contributed by atoms with van der Waals surface area (Å²) in [5, 5.41) is 0. The minimum atomic E-state index is -3.50. The van der Waals surface area contributed by atoms with Crippen molar-refractivity contribution in [2.24, 2.45) is 0 Å². The fraction of sp³-hybridized carbons (Fsp3) is 0.250. The number of hydrogen-bond donors (Lipinski definition) is 0. The van der Waals surface area contributed by atoms with Crippen LogP contribution in [0.1, 0.15) is 12.5 Å². The van der Waals surface area contributed by atoms with Crippen molar-refractivity contribution in [3.05, 3.63) is 84.4 Å². The number of rotatable bonds is 4. The van der Waals surface area contributed by atoms with Gasteiger partial charge < -0.3 is 4.90 Å². The first-order valence-electron chi connectivity index (χ1n) is 9.94. The molecule has 0 saturated carbocycles. The lowest BCUT2D eigenvalue weighted by molar-refractivity contribution is 0.342. The summed E-state index contributed by atoms with van der Waals surface area (Å²) in [6.45, 7) is 5.82. The van der Waals surface area contributed by atoms with Gasteiger partial charge in [-0.05, 0) is 54.8 Å². The molecular weight excluding hydrogens is 380 g/mol. The lowest BCUT2D eigenvalue weighted by Crippen LogP contribution is -2.53. The molecule has 1 aliphatic rings. The van der Waals surface area contributed by atoms with Crippen molar-refractivity contribution >= 4 is 15.7 Å². The van der Waals surface area contributed by atoms with E-state index >= 15 is 0 Å². The molecule has 1 heterocycles. The lowest BCUT2D eigenvalue weighted by Gasteiger charge is -2.40. The van der Waals surface area contributed by atoms with E-state index in [1.807, 2.05) is 42.5 Å². The van der Waals surface area contributed by atoms with Gasteiger partial charge in [0.15, 0.2) is 0 Å². The van der Waals surface area contributed by atoms with Crippen LogP contribution >= 0.6 is 0 Å². The molecule has 0 radical (unpaired) electrons. The minimum absolute atomic E-state index is 0.115. The van der Waals surface area contributed by atoms with Crippen molar-refractivity contribution in [2.75, 3.05) is 24.5 Å². The van der Waals surface area contributed by atoms with Crippen LogP contribution in [0, 0.1) is 6.92 Å². The van der Waals surface area contributed by atoms with E-state index in [1.165, 1.54) is 5.56 Å². The van der Waals surface area contributed by atoms with Crippen molar-refractivity contribution < 1.29 is 8.42 Å². The summed E-state index contributed by atoms with van der Waals surface area (Å²) >= 11 is 0. The van der Waals surface area contributed by atoms with E-state index < -0.39 is 10.0 Å². The van der Waals surface area contributed by atoms with Crippen LogP contribution in [0.25, 0.3) is 11.1 Å². The molecule has 150 valence electrons. The molecule has 0 aliphatic carbocycles. The molecule has 4 nitrogen and oxygen atoms in total. The van der Waals surface area contributed by atoms with Gasteiger partial charge in [-0.1, -0.05) is 54.6 Å². The number of aryl methyl sites for hydroxylation is 1. The van der Waals surface area contributed by atoms with Gasteiger partial charge in [0.25, 0.3) is 0 Å². The molecule has 0 N–H and O–H groups in total. The van der Waals surface area contributed by atoms with Gasteiger partial charge in [0, 0.05) is 31.4 Å². The Bertz CT molecular complexity index is 1080. The smallest absolute Gasteiger partial charge is 0.243 e. The first-order chi connectivity index (χ1) is 13.9. The van der Waals surface area contributed by atoms with E-state index in [2.05, 4.69) is 43.0 Å². The summed E-state index contributed by atoms with van der Waals surface area (Å²) in [6, 6.07) is 25.7. The second-order valence-electron chi connectivity index (χ2n) is 7.63. The molecule has 0 bridgehead atoms. The maximum Gasteiger partial charge on any atom is 0.243 e. The zero-order valence-corrected chi connectivity index (χ0v) is 17.6. The van der Waals surface area contributed by atoms with Crippen molar-refractivity contribution in [1.29, 1.82) is 0 Å². The van der Waals surface area contributed by atoms with Crippen molar-refractivity contribution in [3.63, 3.8) is 0 Å². The monoisotopic (exact) mass is 406 g/mol. The maximum atomic E-state index is 13.2. The van der Waals surface area contributed by atoms with E-state index in [4.69, 9.17) is 0 Å². The molecule has 0 aromatic heterocycles. The molecule has 1 unspecified atom stereocenters. The summed E-state index contributed by atoms with van der Waals surface area (Å²) < 4.78 is 28.0. The Morgan fingerprint density at radius 1 is 0.828 bits per heavy atom. The summed E-state index contributed by atoms with van der Waals surface area (Å²) in [6.07, 6.45) is 0. The van der Waals surface area contributed by atoms with Crippen LogP contribution in [0.4, 0.5) is 5.69 Å². The van der Waals surface area contributed by atoms with E-state index in [-0.39, 0.29) is 6.04 Å². The standard InChI is InChI=1S/C24H26N2O2S/c1-19-7-6-10-23(17-19)26-16-15-25(18-20(26)2)29(27,28)24-13-11-22(12-14-24)21-8-4-3-5-9-21/h3-14,17,20H,15-16,18H2,1-2H3. The quantitative estimate of drug-likeness (QED) is 0.638. The highest BCUT2D eigenvalue weighted by atomic mass is 32.2. The largest absolute Gasteiger partial charge is 0.366 e. The Morgan fingerprint density at radius 2 is 1.52 bits per heavy atom. The van der Waals surface area contributed by atoms with Crippen LogP contribution in [0.2, 0.25) is 0 Å². The van der Waals surface area contributed by atoms with Gasteiger partial charge in [-0.2, -0.15) is 4.31 Å². The number of nitrogens with zero attached hydrogens (tertiary/aromatic N) is 2. The van der Waals surface area contributed by atoms with E-state index in [0.717, 1.165) is 16.8 Å². The normalized spacial score (nSPS) is 18.0. The van der Waals surface area contributed by atoms with Crippen molar-refractivity contribution in [2.45, 2.75) is 24.8 Å². The summed E-state index contributed by atoms with van der Waals surface area (Å²) in [5.74, 6) is 0.